The van der Waals surface area contributed by atoms with E-state index >= 15 is 0 Å². The average molecular weight is 401 g/mol. The number of hydrogen-bond donors (Lipinski definition) is 1. The summed E-state index contributed by atoms with van der Waals surface area (Å²) in [5.74, 6) is -0.238. The summed E-state index contributed by atoms with van der Waals surface area (Å²) in [4.78, 5) is 11.9. The zero-order valence-corrected chi connectivity index (χ0v) is 18.3. The van der Waals surface area contributed by atoms with E-state index in [-0.39, 0.29) is 17.3 Å². The Morgan fingerprint density at radius 2 is 2.03 bits per heavy atom. The van der Waals surface area contributed by atoms with Crippen LogP contribution in [0.5, 0.6) is 0 Å². The summed E-state index contributed by atoms with van der Waals surface area (Å²) >= 11 is 0. The van der Waals surface area contributed by atoms with E-state index < -0.39 is 5.60 Å². The summed E-state index contributed by atoms with van der Waals surface area (Å²) in [7, 11) is 0. The molecule has 1 aliphatic rings. The number of aliphatic hydroxyl groups is 1. The molecule has 0 saturated heterocycles. The lowest BCUT2D eigenvalue weighted by molar-refractivity contribution is -0.137. The molecular formula is C25H36O4. The lowest BCUT2D eigenvalue weighted by atomic mass is 9.53. The summed E-state index contributed by atoms with van der Waals surface area (Å²) in [6.45, 7) is 13.6. The van der Waals surface area contributed by atoms with E-state index in [0.717, 1.165) is 24.0 Å². The molecule has 0 amide bonds. The van der Waals surface area contributed by atoms with E-state index in [0.29, 0.717) is 32.2 Å². The van der Waals surface area contributed by atoms with Gasteiger partial charge in [0.15, 0.2) is 0 Å². The highest BCUT2D eigenvalue weighted by Gasteiger charge is 2.52. The van der Waals surface area contributed by atoms with Gasteiger partial charge >= 0.3 is 5.97 Å². The lowest BCUT2D eigenvalue weighted by Gasteiger charge is -2.54. The minimum Gasteiger partial charge on any atom is -0.463 e. The highest BCUT2D eigenvalue weighted by molar-refractivity contribution is 5.82. The number of rotatable bonds is 9. The van der Waals surface area contributed by atoms with E-state index in [1.165, 1.54) is 6.08 Å². The number of benzene rings is 1. The van der Waals surface area contributed by atoms with Gasteiger partial charge in [-0.15, -0.1) is 0 Å². The molecule has 1 saturated carbocycles. The summed E-state index contributed by atoms with van der Waals surface area (Å²) in [6.07, 6.45) is 5.63. The van der Waals surface area contributed by atoms with Crippen molar-refractivity contribution in [2.75, 3.05) is 13.2 Å². The Morgan fingerprint density at radius 1 is 1.34 bits per heavy atom. The van der Waals surface area contributed by atoms with E-state index in [2.05, 4.69) is 32.6 Å². The molecule has 0 spiro atoms. The molecule has 0 aromatic heterocycles. The van der Waals surface area contributed by atoms with Crippen molar-refractivity contribution < 1.29 is 19.4 Å². The Bertz CT molecular complexity index is 711. The standard InChI is InChI=1S/C25H36O4/c1-6-29-23(26)13-12-22-24(5,20(4)14-15-25(22,27)19(2)3)16-17-28-18-21-10-8-7-9-11-21/h7-13,20,22,27H,2,6,14-18H2,1,3-5H3/b13-12+/t20-,22-,24-,25-/m1/s1. The quantitative estimate of drug-likeness (QED) is 0.272. The lowest BCUT2D eigenvalue weighted by Crippen LogP contribution is -2.53. The fourth-order valence-electron chi connectivity index (χ4n) is 4.46. The molecule has 1 fully saturated rings. The second-order valence-electron chi connectivity index (χ2n) is 8.53. The first-order valence-electron chi connectivity index (χ1n) is 10.6. The summed E-state index contributed by atoms with van der Waals surface area (Å²) in [5, 5.41) is 11.5. The van der Waals surface area contributed by atoms with Gasteiger partial charge in [0.1, 0.15) is 0 Å². The summed E-state index contributed by atoms with van der Waals surface area (Å²) < 4.78 is 11.0. The second-order valence-corrected chi connectivity index (χ2v) is 8.53. The van der Waals surface area contributed by atoms with Crippen LogP contribution in [0, 0.1) is 17.3 Å². The fourth-order valence-corrected chi connectivity index (χ4v) is 4.46. The van der Waals surface area contributed by atoms with Gasteiger partial charge in [-0.1, -0.05) is 56.8 Å². The van der Waals surface area contributed by atoms with Crippen LogP contribution in [0.1, 0.15) is 52.5 Å². The molecule has 29 heavy (non-hydrogen) atoms. The summed E-state index contributed by atoms with van der Waals surface area (Å²) in [5.41, 5.74) is 0.612. The molecule has 1 N–H and O–H groups in total. The van der Waals surface area contributed by atoms with Crippen LogP contribution in [0.15, 0.2) is 54.6 Å². The number of esters is 1. The minimum absolute atomic E-state index is 0.231. The minimum atomic E-state index is -1.04. The Labute approximate surface area is 175 Å². The molecule has 0 bridgehead atoms. The van der Waals surface area contributed by atoms with E-state index in [4.69, 9.17) is 9.47 Å². The van der Waals surface area contributed by atoms with Crippen LogP contribution in [0.25, 0.3) is 0 Å². The Balaban J connectivity index is 2.17. The third kappa shape index (κ3) is 5.58. The van der Waals surface area contributed by atoms with Crippen molar-refractivity contribution in [3.8, 4) is 0 Å². The maximum atomic E-state index is 11.9. The maximum absolute atomic E-state index is 11.9. The molecule has 1 aromatic carbocycles. The summed E-state index contributed by atoms with van der Waals surface area (Å²) in [6, 6.07) is 10.1. The smallest absolute Gasteiger partial charge is 0.330 e. The molecular weight excluding hydrogens is 364 g/mol. The van der Waals surface area contributed by atoms with E-state index in [1.54, 1.807) is 6.92 Å². The van der Waals surface area contributed by atoms with Crippen LogP contribution in [0.4, 0.5) is 0 Å². The van der Waals surface area contributed by atoms with Crippen molar-refractivity contribution in [2.45, 2.75) is 59.2 Å². The SMILES string of the molecule is C=C(C)[C@]1(O)CC[C@@H](C)[C@@](C)(CCOCc2ccccc2)[C@H]1/C=C/C(=O)OCC. The van der Waals surface area contributed by atoms with Gasteiger partial charge in [0.05, 0.1) is 18.8 Å². The van der Waals surface area contributed by atoms with Gasteiger partial charge in [-0.3, -0.25) is 0 Å². The van der Waals surface area contributed by atoms with Crippen LogP contribution >= 0.6 is 0 Å². The zero-order valence-electron chi connectivity index (χ0n) is 18.3. The van der Waals surface area contributed by atoms with Crippen molar-refractivity contribution >= 4 is 5.97 Å². The van der Waals surface area contributed by atoms with Gasteiger partial charge in [0.2, 0.25) is 0 Å². The molecule has 0 heterocycles. The fraction of sp³-hybridized carbons (Fsp3) is 0.560. The number of carbonyl (C=O) groups excluding carboxylic acids is 1. The third-order valence-electron chi connectivity index (χ3n) is 6.66. The monoisotopic (exact) mass is 400 g/mol. The van der Waals surface area contributed by atoms with Crippen LogP contribution < -0.4 is 0 Å². The van der Waals surface area contributed by atoms with Gasteiger partial charge in [0, 0.05) is 18.6 Å². The molecule has 0 unspecified atom stereocenters. The predicted molar refractivity (Wildman–Crippen MR) is 116 cm³/mol. The molecule has 1 aromatic rings. The van der Waals surface area contributed by atoms with Gasteiger partial charge in [0.25, 0.3) is 0 Å². The average Bonchev–Trinajstić information content (AvgIpc) is 2.69. The highest BCUT2D eigenvalue weighted by atomic mass is 16.5. The van der Waals surface area contributed by atoms with Crippen LogP contribution in [0.3, 0.4) is 0 Å². The van der Waals surface area contributed by atoms with E-state index in [1.807, 2.05) is 31.2 Å². The van der Waals surface area contributed by atoms with Crippen molar-refractivity contribution in [1.29, 1.82) is 0 Å². The van der Waals surface area contributed by atoms with Gasteiger partial charge in [-0.2, -0.15) is 0 Å². The highest BCUT2D eigenvalue weighted by Crippen LogP contribution is 2.54. The first kappa shape index (κ1) is 23.4. The second kappa shape index (κ2) is 10.2. The van der Waals surface area contributed by atoms with Gasteiger partial charge in [-0.25, -0.2) is 4.79 Å². The Kier molecular flexibility index (Phi) is 8.23. The molecule has 0 radical (unpaired) electrons. The zero-order chi connectivity index (χ0) is 21.5. The molecule has 4 nitrogen and oxygen atoms in total. The molecule has 2 rings (SSSR count). The largest absolute Gasteiger partial charge is 0.463 e. The third-order valence-corrected chi connectivity index (χ3v) is 6.66. The topological polar surface area (TPSA) is 55.8 Å². The predicted octanol–water partition coefficient (Wildman–Crippen LogP) is 5.07. The first-order valence-corrected chi connectivity index (χ1v) is 10.6. The molecule has 160 valence electrons. The van der Waals surface area contributed by atoms with Gasteiger partial charge < -0.3 is 14.6 Å². The van der Waals surface area contributed by atoms with Crippen molar-refractivity contribution in [2.24, 2.45) is 17.3 Å². The van der Waals surface area contributed by atoms with Crippen molar-refractivity contribution in [1.82, 2.24) is 0 Å². The van der Waals surface area contributed by atoms with Crippen LogP contribution in [-0.4, -0.2) is 29.9 Å². The van der Waals surface area contributed by atoms with Gasteiger partial charge in [-0.05, 0) is 55.6 Å². The number of carbonyl (C=O) groups is 1. The van der Waals surface area contributed by atoms with Crippen molar-refractivity contribution in [3.05, 3.63) is 60.2 Å². The van der Waals surface area contributed by atoms with E-state index in [9.17, 15) is 9.90 Å². The molecule has 4 heteroatoms. The Morgan fingerprint density at radius 3 is 2.66 bits per heavy atom. The molecule has 0 aliphatic heterocycles. The maximum Gasteiger partial charge on any atom is 0.330 e. The molecule has 1 aliphatic carbocycles. The Hall–Kier alpha value is -1.91. The van der Waals surface area contributed by atoms with Crippen LogP contribution in [-0.2, 0) is 20.9 Å². The van der Waals surface area contributed by atoms with Crippen LogP contribution in [0.2, 0.25) is 0 Å². The number of hydrogen-bond acceptors (Lipinski definition) is 4. The van der Waals surface area contributed by atoms with Crippen molar-refractivity contribution in [3.63, 3.8) is 0 Å². The molecule has 4 atom stereocenters. The normalized spacial score (nSPS) is 29.7. The first-order chi connectivity index (χ1) is 13.7. The number of ether oxygens (including phenoxy) is 2.